The largest absolute Gasteiger partial charge is 0.497 e. The number of likely N-dealkylation sites (tertiary alicyclic amines) is 1. The van der Waals surface area contributed by atoms with E-state index in [-0.39, 0.29) is 23.7 Å². The second-order valence-electron chi connectivity index (χ2n) is 7.44. The summed E-state index contributed by atoms with van der Waals surface area (Å²) in [6, 6.07) is 14.9. The Kier molecular flexibility index (Phi) is 6.98. The van der Waals surface area contributed by atoms with Gasteiger partial charge in [0.1, 0.15) is 11.5 Å². The predicted molar refractivity (Wildman–Crippen MR) is 116 cm³/mol. The third-order valence-corrected chi connectivity index (χ3v) is 5.84. The minimum Gasteiger partial charge on any atom is -0.497 e. The molecule has 0 aromatic heterocycles. The van der Waals surface area contributed by atoms with Gasteiger partial charge in [0.25, 0.3) is 5.91 Å². The zero-order valence-electron chi connectivity index (χ0n) is 18.1. The lowest BCUT2D eigenvalue weighted by atomic mass is 9.88. The second kappa shape index (κ2) is 9.65. The molecule has 1 aliphatic heterocycles. The summed E-state index contributed by atoms with van der Waals surface area (Å²) in [4.78, 5) is 30.1. The van der Waals surface area contributed by atoms with E-state index in [1.807, 2.05) is 49.1 Å². The van der Waals surface area contributed by atoms with Crippen LogP contribution >= 0.6 is 0 Å². The molecule has 160 valence electrons. The van der Waals surface area contributed by atoms with Crippen LogP contribution in [0.5, 0.6) is 11.5 Å². The first-order valence-electron chi connectivity index (χ1n) is 10.4. The van der Waals surface area contributed by atoms with Crippen molar-refractivity contribution >= 4 is 11.8 Å². The zero-order chi connectivity index (χ0) is 21.7. The Morgan fingerprint density at radius 1 is 0.967 bits per heavy atom. The molecule has 0 saturated carbocycles. The maximum atomic E-state index is 13.3. The molecular weight excluding hydrogens is 380 g/mol. The van der Waals surface area contributed by atoms with Gasteiger partial charge in [0, 0.05) is 37.7 Å². The average Bonchev–Trinajstić information content (AvgIpc) is 3.25. The summed E-state index contributed by atoms with van der Waals surface area (Å²) in [6.07, 6.45) is 0. The van der Waals surface area contributed by atoms with Crippen LogP contribution in [-0.4, -0.2) is 62.0 Å². The second-order valence-corrected chi connectivity index (χ2v) is 7.44. The molecule has 6 nitrogen and oxygen atoms in total. The van der Waals surface area contributed by atoms with Crippen LogP contribution in [0.1, 0.15) is 35.7 Å². The highest BCUT2D eigenvalue weighted by Gasteiger charge is 2.42. The van der Waals surface area contributed by atoms with Crippen molar-refractivity contribution < 1.29 is 19.1 Å². The normalized spacial score (nSPS) is 18.2. The molecule has 6 heteroatoms. The number of hydrogen-bond acceptors (Lipinski definition) is 4. The molecular formula is C24H30N2O4. The van der Waals surface area contributed by atoms with Gasteiger partial charge in [0.15, 0.2) is 0 Å². The van der Waals surface area contributed by atoms with Gasteiger partial charge >= 0.3 is 0 Å². The first kappa shape index (κ1) is 21.7. The Balaban J connectivity index is 1.92. The van der Waals surface area contributed by atoms with Gasteiger partial charge in [0.05, 0.1) is 20.1 Å². The number of benzene rings is 2. The Morgan fingerprint density at radius 2 is 1.60 bits per heavy atom. The van der Waals surface area contributed by atoms with Crippen molar-refractivity contribution in [1.82, 2.24) is 9.80 Å². The molecule has 2 amide bonds. The number of ether oxygens (including phenoxy) is 2. The lowest BCUT2D eigenvalue weighted by Crippen LogP contribution is -2.39. The summed E-state index contributed by atoms with van der Waals surface area (Å²) in [5, 5.41) is 0. The first-order chi connectivity index (χ1) is 14.5. The zero-order valence-corrected chi connectivity index (χ0v) is 18.1. The quantitative estimate of drug-likeness (QED) is 0.702. The summed E-state index contributed by atoms with van der Waals surface area (Å²) >= 11 is 0. The molecule has 2 atom stereocenters. The molecule has 0 N–H and O–H groups in total. The van der Waals surface area contributed by atoms with Crippen molar-refractivity contribution in [2.24, 2.45) is 5.92 Å². The summed E-state index contributed by atoms with van der Waals surface area (Å²) in [7, 11) is 3.21. The van der Waals surface area contributed by atoms with E-state index in [1.165, 1.54) is 0 Å². The predicted octanol–water partition coefficient (Wildman–Crippen LogP) is 3.43. The molecule has 0 aliphatic carbocycles. The van der Waals surface area contributed by atoms with E-state index in [1.54, 1.807) is 37.3 Å². The number of methoxy groups -OCH3 is 2. The standard InChI is InChI=1S/C24H30N2O4/c1-5-25(6-2)24(28)22-16-26(23(27)18-10-8-12-20(14-18)30-4)15-21(22)17-9-7-11-19(13-17)29-3/h7-14,21-22H,5-6,15-16H2,1-4H3. The van der Waals surface area contributed by atoms with Gasteiger partial charge < -0.3 is 19.3 Å². The van der Waals surface area contributed by atoms with E-state index in [4.69, 9.17) is 9.47 Å². The Bertz CT molecular complexity index is 894. The third-order valence-electron chi connectivity index (χ3n) is 5.84. The van der Waals surface area contributed by atoms with Gasteiger partial charge in [-0.25, -0.2) is 0 Å². The average molecular weight is 411 g/mol. The highest BCUT2D eigenvalue weighted by molar-refractivity contribution is 5.95. The fraction of sp³-hybridized carbons (Fsp3) is 0.417. The van der Waals surface area contributed by atoms with E-state index in [2.05, 4.69) is 0 Å². The van der Waals surface area contributed by atoms with Crippen molar-refractivity contribution in [2.75, 3.05) is 40.4 Å². The number of amides is 2. The van der Waals surface area contributed by atoms with Crippen molar-refractivity contribution in [3.63, 3.8) is 0 Å². The molecule has 0 spiro atoms. The minimum absolute atomic E-state index is 0.0808. The first-order valence-corrected chi connectivity index (χ1v) is 10.4. The SMILES string of the molecule is CCN(CC)C(=O)C1CN(C(=O)c2cccc(OC)c2)CC1c1cccc(OC)c1. The number of nitrogens with zero attached hydrogens (tertiary/aromatic N) is 2. The molecule has 0 bridgehead atoms. The molecule has 0 radical (unpaired) electrons. The number of rotatable bonds is 7. The van der Waals surface area contributed by atoms with Crippen LogP contribution in [0.3, 0.4) is 0 Å². The highest BCUT2D eigenvalue weighted by atomic mass is 16.5. The topological polar surface area (TPSA) is 59.1 Å². The van der Waals surface area contributed by atoms with E-state index in [0.717, 1.165) is 11.3 Å². The van der Waals surface area contributed by atoms with E-state index >= 15 is 0 Å². The maximum absolute atomic E-state index is 13.3. The number of hydrogen-bond donors (Lipinski definition) is 0. The maximum Gasteiger partial charge on any atom is 0.254 e. The van der Waals surface area contributed by atoms with Crippen LogP contribution in [0, 0.1) is 5.92 Å². The van der Waals surface area contributed by atoms with Gasteiger partial charge in [-0.3, -0.25) is 9.59 Å². The van der Waals surface area contributed by atoms with E-state index in [0.29, 0.717) is 37.5 Å². The monoisotopic (exact) mass is 410 g/mol. The smallest absolute Gasteiger partial charge is 0.254 e. The lowest BCUT2D eigenvalue weighted by Gasteiger charge is -2.26. The molecule has 1 aliphatic rings. The van der Waals surface area contributed by atoms with Gasteiger partial charge in [0.2, 0.25) is 5.91 Å². The van der Waals surface area contributed by atoms with Crippen LogP contribution in [-0.2, 0) is 4.79 Å². The van der Waals surface area contributed by atoms with Crippen molar-refractivity contribution in [3.05, 3.63) is 59.7 Å². The summed E-state index contributed by atoms with van der Waals surface area (Å²) in [5.74, 6) is 1.03. The summed E-state index contributed by atoms with van der Waals surface area (Å²) in [5.41, 5.74) is 1.58. The Morgan fingerprint density at radius 3 is 2.23 bits per heavy atom. The lowest BCUT2D eigenvalue weighted by molar-refractivity contribution is -0.135. The van der Waals surface area contributed by atoms with Gasteiger partial charge in [-0.05, 0) is 49.7 Å². The van der Waals surface area contributed by atoms with Crippen molar-refractivity contribution in [1.29, 1.82) is 0 Å². The minimum atomic E-state index is -0.286. The van der Waals surface area contributed by atoms with Gasteiger partial charge in [-0.2, -0.15) is 0 Å². The van der Waals surface area contributed by atoms with Crippen LogP contribution in [0.4, 0.5) is 0 Å². The summed E-state index contributed by atoms with van der Waals surface area (Å²) < 4.78 is 10.6. The number of carbonyl (C=O) groups excluding carboxylic acids is 2. The Labute approximate surface area is 178 Å². The van der Waals surface area contributed by atoms with Gasteiger partial charge in [-0.1, -0.05) is 18.2 Å². The van der Waals surface area contributed by atoms with Crippen LogP contribution in [0.25, 0.3) is 0 Å². The van der Waals surface area contributed by atoms with Crippen molar-refractivity contribution in [2.45, 2.75) is 19.8 Å². The Hall–Kier alpha value is -3.02. The molecule has 2 aromatic carbocycles. The van der Waals surface area contributed by atoms with E-state index < -0.39 is 0 Å². The molecule has 1 saturated heterocycles. The molecule has 30 heavy (non-hydrogen) atoms. The van der Waals surface area contributed by atoms with Crippen molar-refractivity contribution in [3.8, 4) is 11.5 Å². The van der Waals surface area contributed by atoms with Crippen LogP contribution < -0.4 is 9.47 Å². The fourth-order valence-corrected chi connectivity index (χ4v) is 4.14. The molecule has 3 rings (SSSR count). The third kappa shape index (κ3) is 4.42. The molecule has 1 fully saturated rings. The fourth-order valence-electron chi connectivity index (χ4n) is 4.14. The highest BCUT2D eigenvalue weighted by Crippen LogP contribution is 2.36. The van der Waals surface area contributed by atoms with Gasteiger partial charge in [-0.15, -0.1) is 0 Å². The molecule has 1 heterocycles. The van der Waals surface area contributed by atoms with E-state index in [9.17, 15) is 9.59 Å². The van der Waals surface area contributed by atoms with Crippen LogP contribution in [0.15, 0.2) is 48.5 Å². The molecule has 2 aromatic rings. The summed E-state index contributed by atoms with van der Waals surface area (Å²) in [6.45, 7) is 6.15. The van der Waals surface area contributed by atoms with Crippen LogP contribution in [0.2, 0.25) is 0 Å². The molecule has 2 unspecified atom stereocenters. The number of carbonyl (C=O) groups is 2.